The van der Waals surface area contributed by atoms with Crippen molar-refractivity contribution >= 4 is 11.8 Å². The molecule has 100 valence electrons. The molecular formula is C11H19FN6. The van der Waals surface area contributed by atoms with Crippen molar-refractivity contribution in [3.8, 4) is 0 Å². The first kappa shape index (κ1) is 13.0. The number of nitrogens with two attached hydrogens (primary N) is 1. The van der Waals surface area contributed by atoms with Crippen molar-refractivity contribution in [3.05, 3.63) is 12.0 Å². The number of rotatable bonds is 5. The highest BCUT2D eigenvalue weighted by Gasteiger charge is 2.21. The van der Waals surface area contributed by atoms with Gasteiger partial charge in [0.2, 0.25) is 5.95 Å². The van der Waals surface area contributed by atoms with Crippen LogP contribution in [0.25, 0.3) is 0 Å². The van der Waals surface area contributed by atoms with Crippen LogP contribution in [0.1, 0.15) is 13.3 Å². The van der Waals surface area contributed by atoms with E-state index < -0.39 is 5.82 Å². The van der Waals surface area contributed by atoms with E-state index in [1.54, 1.807) is 0 Å². The van der Waals surface area contributed by atoms with Crippen LogP contribution < -0.4 is 16.6 Å². The van der Waals surface area contributed by atoms with E-state index in [2.05, 4.69) is 32.5 Å². The van der Waals surface area contributed by atoms with Gasteiger partial charge in [0, 0.05) is 13.1 Å². The van der Waals surface area contributed by atoms with Crippen LogP contribution in [0.2, 0.25) is 0 Å². The normalized spacial score (nSPS) is 20.1. The second-order valence-electron chi connectivity index (χ2n) is 4.46. The van der Waals surface area contributed by atoms with Crippen LogP contribution in [0.15, 0.2) is 6.20 Å². The summed E-state index contributed by atoms with van der Waals surface area (Å²) in [5, 5.41) is 3.03. The van der Waals surface area contributed by atoms with Gasteiger partial charge in [0.15, 0.2) is 11.6 Å². The summed E-state index contributed by atoms with van der Waals surface area (Å²) in [6, 6.07) is 0. The van der Waals surface area contributed by atoms with Crippen molar-refractivity contribution < 1.29 is 4.39 Å². The Balaban J connectivity index is 1.90. The second kappa shape index (κ2) is 5.92. The van der Waals surface area contributed by atoms with Crippen LogP contribution in [-0.2, 0) is 0 Å². The van der Waals surface area contributed by atoms with Crippen molar-refractivity contribution in [2.75, 3.05) is 36.9 Å². The zero-order valence-corrected chi connectivity index (χ0v) is 10.5. The predicted octanol–water partition coefficient (Wildman–Crippen LogP) is 0.655. The molecule has 7 heteroatoms. The summed E-state index contributed by atoms with van der Waals surface area (Å²) >= 11 is 0. The quantitative estimate of drug-likeness (QED) is 0.529. The number of nitrogen functional groups attached to an aromatic ring is 1. The van der Waals surface area contributed by atoms with Crippen LogP contribution in [0.5, 0.6) is 0 Å². The Labute approximate surface area is 106 Å². The molecule has 1 atom stereocenters. The van der Waals surface area contributed by atoms with E-state index in [-0.39, 0.29) is 11.8 Å². The van der Waals surface area contributed by atoms with Crippen LogP contribution in [0, 0.1) is 11.7 Å². The summed E-state index contributed by atoms with van der Waals surface area (Å²) < 4.78 is 13.5. The smallest absolute Gasteiger partial charge is 0.239 e. The Kier molecular flexibility index (Phi) is 4.27. The molecular weight excluding hydrogens is 235 g/mol. The number of likely N-dealkylation sites (tertiary alicyclic amines) is 1. The Morgan fingerprint density at radius 1 is 1.61 bits per heavy atom. The van der Waals surface area contributed by atoms with Crippen molar-refractivity contribution in [1.29, 1.82) is 0 Å². The summed E-state index contributed by atoms with van der Waals surface area (Å²) in [6.07, 6.45) is 2.24. The zero-order chi connectivity index (χ0) is 13.0. The summed E-state index contributed by atoms with van der Waals surface area (Å²) in [4.78, 5) is 10.0. The third-order valence-electron chi connectivity index (χ3n) is 3.25. The lowest BCUT2D eigenvalue weighted by Gasteiger charge is -2.14. The first-order chi connectivity index (χ1) is 8.72. The Hall–Kier alpha value is -1.47. The van der Waals surface area contributed by atoms with Crippen molar-refractivity contribution in [2.24, 2.45) is 11.8 Å². The molecule has 2 heterocycles. The third kappa shape index (κ3) is 3.05. The molecule has 18 heavy (non-hydrogen) atoms. The molecule has 0 aromatic carbocycles. The highest BCUT2D eigenvalue weighted by Crippen LogP contribution is 2.17. The second-order valence-corrected chi connectivity index (χ2v) is 4.46. The standard InChI is InChI=1S/C11H19FN6/c1-2-18-4-3-8(7-18)5-14-10-9(12)6-15-11(16-10)17-13/h6,8H,2-5,7,13H2,1H3,(H2,14,15,16,17). The largest absolute Gasteiger partial charge is 0.367 e. The number of halogens is 1. The van der Waals surface area contributed by atoms with Crippen LogP contribution in [-0.4, -0.2) is 41.0 Å². The van der Waals surface area contributed by atoms with Gasteiger partial charge in [-0.3, -0.25) is 5.43 Å². The fourth-order valence-electron chi connectivity index (χ4n) is 2.17. The number of anilines is 2. The van der Waals surface area contributed by atoms with E-state index in [9.17, 15) is 4.39 Å². The van der Waals surface area contributed by atoms with Gasteiger partial charge in [-0.05, 0) is 25.4 Å². The lowest BCUT2D eigenvalue weighted by atomic mass is 10.1. The Morgan fingerprint density at radius 2 is 2.44 bits per heavy atom. The molecule has 2 rings (SSSR count). The predicted molar refractivity (Wildman–Crippen MR) is 68.5 cm³/mol. The number of nitrogens with one attached hydrogen (secondary N) is 2. The van der Waals surface area contributed by atoms with Gasteiger partial charge in [0.25, 0.3) is 0 Å². The van der Waals surface area contributed by atoms with E-state index >= 15 is 0 Å². The number of nitrogens with zero attached hydrogens (tertiary/aromatic N) is 3. The van der Waals surface area contributed by atoms with Gasteiger partial charge >= 0.3 is 0 Å². The molecule has 0 saturated carbocycles. The maximum absolute atomic E-state index is 13.5. The van der Waals surface area contributed by atoms with E-state index in [0.717, 1.165) is 32.3 Å². The molecule has 0 radical (unpaired) electrons. The molecule has 0 aliphatic carbocycles. The van der Waals surface area contributed by atoms with Crippen LogP contribution in [0.4, 0.5) is 16.2 Å². The van der Waals surface area contributed by atoms with E-state index in [1.165, 1.54) is 0 Å². The lowest BCUT2D eigenvalue weighted by Crippen LogP contribution is -2.23. The lowest BCUT2D eigenvalue weighted by molar-refractivity contribution is 0.345. The van der Waals surface area contributed by atoms with Crippen LogP contribution in [0.3, 0.4) is 0 Å². The molecule has 4 N–H and O–H groups in total. The monoisotopic (exact) mass is 254 g/mol. The summed E-state index contributed by atoms with van der Waals surface area (Å²) in [5.74, 6) is 5.68. The SMILES string of the molecule is CCN1CCC(CNc2nc(NN)ncc2F)C1. The molecule has 6 nitrogen and oxygen atoms in total. The highest BCUT2D eigenvalue weighted by atomic mass is 19.1. The molecule has 0 bridgehead atoms. The molecule has 1 unspecified atom stereocenters. The van der Waals surface area contributed by atoms with E-state index in [1.807, 2.05) is 0 Å². The molecule has 0 amide bonds. The maximum Gasteiger partial charge on any atom is 0.239 e. The van der Waals surface area contributed by atoms with Gasteiger partial charge < -0.3 is 10.2 Å². The molecule has 1 aliphatic rings. The topological polar surface area (TPSA) is 79.1 Å². The minimum Gasteiger partial charge on any atom is -0.367 e. The first-order valence-corrected chi connectivity index (χ1v) is 6.18. The van der Waals surface area contributed by atoms with Gasteiger partial charge in [0.05, 0.1) is 6.20 Å². The maximum atomic E-state index is 13.5. The van der Waals surface area contributed by atoms with Crippen LogP contribution >= 0.6 is 0 Å². The van der Waals surface area contributed by atoms with Gasteiger partial charge in [-0.15, -0.1) is 0 Å². The summed E-state index contributed by atoms with van der Waals surface area (Å²) in [7, 11) is 0. The molecule has 1 aromatic heterocycles. The molecule has 0 spiro atoms. The first-order valence-electron chi connectivity index (χ1n) is 6.18. The molecule has 1 saturated heterocycles. The Bertz CT molecular complexity index is 399. The number of aromatic nitrogens is 2. The zero-order valence-electron chi connectivity index (χ0n) is 10.5. The van der Waals surface area contributed by atoms with Gasteiger partial charge in [-0.2, -0.15) is 4.98 Å². The fraction of sp³-hybridized carbons (Fsp3) is 0.636. The number of hydrogen-bond acceptors (Lipinski definition) is 6. The van der Waals surface area contributed by atoms with Gasteiger partial charge in [0.1, 0.15) is 0 Å². The number of hydrazine groups is 1. The minimum absolute atomic E-state index is 0.202. The average Bonchev–Trinajstić information content (AvgIpc) is 2.86. The summed E-state index contributed by atoms with van der Waals surface area (Å²) in [6.45, 7) is 6.11. The van der Waals surface area contributed by atoms with Crippen molar-refractivity contribution in [3.63, 3.8) is 0 Å². The van der Waals surface area contributed by atoms with Crippen molar-refractivity contribution in [2.45, 2.75) is 13.3 Å². The summed E-state index contributed by atoms with van der Waals surface area (Å²) in [5.41, 5.74) is 2.30. The molecule has 1 aliphatic heterocycles. The van der Waals surface area contributed by atoms with Gasteiger partial charge in [-0.1, -0.05) is 6.92 Å². The average molecular weight is 254 g/mol. The fourth-order valence-corrected chi connectivity index (χ4v) is 2.17. The molecule has 1 fully saturated rings. The molecule has 1 aromatic rings. The van der Waals surface area contributed by atoms with E-state index in [4.69, 9.17) is 5.84 Å². The van der Waals surface area contributed by atoms with Crippen molar-refractivity contribution in [1.82, 2.24) is 14.9 Å². The Morgan fingerprint density at radius 3 is 3.11 bits per heavy atom. The van der Waals surface area contributed by atoms with Gasteiger partial charge in [-0.25, -0.2) is 15.2 Å². The number of hydrogen-bond donors (Lipinski definition) is 3. The highest BCUT2D eigenvalue weighted by molar-refractivity contribution is 5.40. The van der Waals surface area contributed by atoms with E-state index in [0.29, 0.717) is 12.5 Å². The third-order valence-corrected chi connectivity index (χ3v) is 3.25. The minimum atomic E-state index is -0.459.